The van der Waals surface area contributed by atoms with E-state index in [1.54, 1.807) is 11.3 Å². The number of hydrogen-bond acceptors (Lipinski definition) is 4. The van der Waals surface area contributed by atoms with E-state index in [4.69, 9.17) is 0 Å². The van der Waals surface area contributed by atoms with Gasteiger partial charge in [0.25, 0.3) is 5.91 Å². The molecule has 28 heavy (non-hydrogen) atoms. The van der Waals surface area contributed by atoms with E-state index in [2.05, 4.69) is 40.9 Å². The highest BCUT2D eigenvalue weighted by molar-refractivity contribution is 7.08. The molecule has 5 nitrogen and oxygen atoms in total. The van der Waals surface area contributed by atoms with Gasteiger partial charge >= 0.3 is 0 Å². The highest BCUT2D eigenvalue weighted by atomic mass is 32.1. The zero-order valence-corrected chi connectivity index (χ0v) is 17.7. The Morgan fingerprint density at radius 3 is 2.64 bits per heavy atom. The molecule has 2 aromatic rings. The van der Waals surface area contributed by atoms with Crippen LogP contribution >= 0.6 is 11.3 Å². The fraction of sp³-hybridized carbons (Fsp3) is 0.455. The molecule has 0 aliphatic carbocycles. The van der Waals surface area contributed by atoms with Crippen LogP contribution < -0.4 is 10.2 Å². The summed E-state index contributed by atoms with van der Waals surface area (Å²) < 4.78 is 0. The molecule has 1 N–H and O–H groups in total. The third-order valence-electron chi connectivity index (χ3n) is 5.48. The smallest absolute Gasteiger partial charge is 0.251 e. The first-order valence-corrected chi connectivity index (χ1v) is 11.0. The number of anilines is 1. The third-order valence-corrected chi connectivity index (χ3v) is 6.18. The number of rotatable bonds is 8. The molecule has 1 aliphatic rings. The van der Waals surface area contributed by atoms with Gasteiger partial charge in [0, 0.05) is 30.8 Å². The Morgan fingerprint density at radius 2 is 2.00 bits per heavy atom. The lowest BCUT2D eigenvalue weighted by molar-refractivity contribution is -0.118. The molecule has 0 unspecified atom stereocenters. The number of nitrogens with zero attached hydrogens (tertiary/aromatic N) is 2. The van der Waals surface area contributed by atoms with E-state index in [9.17, 15) is 9.59 Å². The molecule has 150 valence electrons. The molecule has 0 saturated carbocycles. The van der Waals surface area contributed by atoms with Crippen LogP contribution in [0.2, 0.25) is 0 Å². The number of benzene rings is 1. The summed E-state index contributed by atoms with van der Waals surface area (Å²) in [6.07, 6.45) is 1.30. The molecular formula is C22H29N3O2S. The Bertz CT molecular complexity index is 815. The van der Waals surface area contributed by atoms with Crippen molar-refractivity contribution in [2.45, 2.75) is 39.7 Å². The molecule has 0 spiro atoms. The van der Waals surface area contributed by atoms with Crippen LogP contribution in [-0.2, 0) is 11.2 Å². The van der Waals surface area contributed by atoms with E-state index in [1.807, 2.05) is 30.0 Å². The van der Waals surface area contributed by atoms with Crippen LogP contribution in [0.3, 0.4) is 0 Å². The molecule has 3 rings (SSSR count). The third kappa shape index (κ3) is 4.28. The van der Waals surface area contributed by atoms with Gasteiger partial charge in [0.2, 0.25) is 5.91 Å². The summed E-state index contributed by atoms with van der Waals surface area (Å²) in [7, 11) is 0. The SMILES string of the molecule is CCC(=O)N1CCc2cc(C(=O)NC[C@@H](c3ccsc3)N(CC)CC)ccc21. The minimum atomic E-state index is -0.0598. The number of nitrogens with one attached hydrogen (secondary N) is 1. The number of thiophene rings is 1. The van der Waals surface area contributed by atoms with E-state index in [-0.39, 0.29) is 17.9 Å². The van der Waals surface area contributed by atoms with Crippen LogP contribution in [0.4, 0.5) is 5.69 Å². The molecule has 1 atom stereocenters. The van der Waals surface area contributed by atoms with Crippen LogP contribution in [0.25, 0.3) is 0 Å². The van der Waals surface area contributed by atoms with E-state index in [1.165, 1.54) is 5.56 Å². The van der Waals surface area contributed by atoms with Gasteiger partial charge in [-0.2, -0.15) is 11.3 Å². The topological polar surface area (TPSA) is 52.7 Å². The van der Waals surface area contributed by atoms with Crippen molar-refractivity contribution in [1.29, 1.82) is 0 Å². The van der Waals surface area contributed by atoms with Gasteiger partial charge in [-0.25, -0.2) is 0 Å². The standard InChI is InChI=1S/C22H29N3O2S/c1-4-21(26)25-11-9-16-13-17(7-8-19(16)25)22(27)23-14-20(24(5-2)6-3)18-10-12-28-15-18/h7-8,10,12-13,15,20H,4-6,9,11,14H2,1-3H3,(H,23,27)/t20-/m0/s1. The molecule has 0 fully saturated rings. The average molecular weight is 400 g/mol. The monoisotopic (exact) mass is 399 g/mol. The molecule has 6 heteroatoms. The molecule has 1 aromatic heterocycles. The molecule has 1 aliphatic heterocycles. The van der Waals surface area contributed by atoms with Crippen molar-refractivity contribution in [3.05, 3.63) is 51.7 Å². The summed E-state index contributed by atoms with van der Waals surface area (Å²) in [6.45, 7) is 9.33. The Morgan fingerprint density at radius 1 is 1.21 bits per heavy atom. The lowest BCUT2D eigenvalue weighted by Crippen LogP contribution is -2.37. The van der Waals surface area contributed by atoms with Crippen molar-refractivity contribution in [1.82, 2.24) is 10.2 Å². The second kappa shape index (κ2) is 9.34. The zero-order valence-electron chi connectivity index (χ0n) is 16.9. The minimum Gasteiger partial charge on any atom is -0.350 e. The molecule has 0 saturated heterocycles. The Hall–Kier alpha value is -2.18. The number of amides is 2. The first-order chi connectivity index (χ1) is 13.6. The lowest BCUT2D eigenvalue weighted by atomic mass is 10.1. The number of hydrogen-bond donors (Lipinski definition) is 1. The maximum atomic E-state index is 12.8. The van der Waals surface area contributed by atoms with E-state index in [0.717, 1.165) is 30.8 Å². The normalized spacial score (nSPS) is 14.2. The van der Waals surface area contributed by atoms with Crippen molar-refractivity contribution in [3.63, 3.8) is 0 Å². The number of fused-ring (bicyclic) bond motifs is 1. The Balaban J connectivity index is 1.70. The maximum absolute atomic E-state index is 12.8. The number of carbonyl (C=O) groups is 2. The summed E-state index contributed by atoms with van der Waals surface area (Å²) in [4.78, 5) is 29.0. The second-order valence-electron chi connectivity index (χ2n) is 7.00. The van der Waals surface area contributed by atoms with Gasteiger partial charge in [0.15, 0.2) is 0 Å². The Kier molecular flexibility index (Phi) is 6.86. The van der Waals surface area contributed by atoms with Crippen molar-refractivity contribution >= 4 is 28.8 Å². The zero-order chi connectivity index (χ0) is 20.1. The molecule has 0 radical (unpaired) electrons. The van der Waals surface area contributed by atoms with E-state index >= 15 is 0 Å². The van der Waals surface area contributed by atoms with E-state index < -0.39 is 0 Å². The van der Waals surface area contributed by atoms with E-state index in [0.29, 0.717) is 25.1 Å². The summed E-state index contributed by atoms with van der Waals surface area (Å²) >= 11 is 1.68. The Labute approximate surface area is 171 Å². The van der Waals surface area contributed by atoms with Gasteiger partial charge in [0.1, 0.15) is 0 Å². The molecule has 2 amide bonds. The van der Waals surface area contributed by atoms with Crippen molar-refractivity contribution in [2.24, 2.45) is 0 Å². The lowest BCUT2D eigenvalue weighted by Gasteiger charge is -2.29. The fourth-order valence-corrected chi connectivity index (χ4v) is 4.58. The van der Waals surface area contributed by atoms with Gasteiger partial charge in [-0.1, -0.05) is 20.8 Å². The minimum absolute atomic E-state index is 0.0598. The van der Waals surface area contributed by atoms with Crippen molar-refractivity contribution < 1.29 is 9.59 Å². The quantitative estimate of drug-likeness (QED) is 0.733. The molecule has 2 heterocycles. The second-order valence-corrected chi connectivity index (χ2v) is 7.78. The summed E-state index contributed by atoms with van der Waals surface area (Å²) in [5.74, 6) is 0.0734. The van der Waals surface area contributed by atoms with Crippen molar-refractivity contribution in [2.75, 3.05) is 31.1 Å². The molecular weight excluding hydrogens is 370 g/mol. The van der Waals surface area contributed by atoms with Gasteiger partial charge in [-0.3, -0.25) is 14.5 Å². The summed E-state index contributed by atoms with van der Waals surface area (Å²) in [6, 6.07) is 7.98. The van der Waals surface area contributed by atoms with Gasteiger partial charge in [0.05, 0.1) is 6.04 Å². The van der Waals surface area contributed by atoms with Crippen LogP contribution in [0.1, 0.15) is 54.7 Å². The molecule has 1 aromatic carbocycles. The van der Waals surface area contributed by atoms with Gasteiger partial charge < -0.3 is 10.2 Å². The summed E-state index contributed by atoms with van der Waals surface area (Å²) in [5.41, 5.74) is 3.93. The maximum Gasteiger partial charge on any atom is 0.251 e. The number of likely N-dealkylation sites (N-methyl/N-ethyl adjacent to an activating group) is 1. The first-order valence-electron chi connectivity index (χ1n) is 10.1. The van der Waals surface area contributed by atoms with Crippen LogP contribution in [0.5, 0.6) is 0 Å². The largest absolute Gasteiger partial charge is 0.350 e. The summed E-state index contributed by atoms with van der Waals surface area (Å²) in [5, 5.41) is 7.35. The predicted molar refractivity (Wildman–Crippen MR) is 115 cm³/mol. The first kappa shape index (κ1) is 20.6. The fourth-order valence-electron chi connectivity index (χ4n) is 3.87. The van der Waals surface area contributed by atoms with Gasteiger partial charge in [-0.15, -0.1) is 0 Å². The number of carbonyl (C=O) groups excluding carboxylic acids is 2. The average Bonchev–Trinajstić information content (AvgIpc) is 3.39. The highest BCUT2D eigenvalue weighted by Gasteiger charge is 2.25. The van der Waals surface area contributed by atoms with Crippen molar-refractivity contribution in [3.8, 4) is 0 Å². The van der Waals surface area contributed by atoms with Gasteiger partial charge in [-0.05, 0) is 65.7 Å². The van der Waals surface area contributed by atoms with Crippen LogP contribution in [0.15, 0.2) is 35.0 Å². The van der Waals surface area contributed by atoms with Crippen LogP contribution in [-0.4, -0.2) is 42.9 Å². The predicted octanol–water partition coefficient (Wildman–Crippen LogP) is 3.86. The van der Waals surface area contributed by atoms with Crippen LogP contribution in [0, 0.1) is 0 Å². The molecule has 0 bridgehead atoms. The highest BCUT2D eigenvalue weighted by Crippen LogP contribution is 2.29.